The minimum atomic E-state index is -0.699. The van der Waals surface area contributed by atoms with Gasteiger partial charge in [-0.1, -0.05) is 38.1 Å². The molecule has 4 heterocycles. The van der Waals surface area contributed by atoms with Gasteiger partial charge in [0.25, 0.3) is 0 Å². The Hall–Kier alpha value is -5.52. The zero-order chi connectivity index (χ0) is 33.5. The van der Waals surface area contributed by atoms with Crippen LogP contribution in [0.3, 0.4) is 0 Å². The summed E-state index contributed by atoms with van der Waals surface area (Å²) in [7, 11) is 1.29. The summed E-state index contributed by atoms with van der Waals surface area (Å²) in [5.41, 5.74) is 3.04. The highest BCUT2D eigenvalue weighted by molar-refractivity contribution is 5.86. The highest BCUT2D eigenvalue weighted by Gasteiger charge is 2.37. The lowest BCUT2D eigenvalue weighted by atomic mass is 10.0. The number of rotatable bonds is 8. The highest BCUT2D eigenvalue weighted by atomic mass is 16.5. The number of nitrogens with zero attached hydrogens (tertiary/aromatic N) is 3. The molecule has 0 bridgehead atoms. The third-order valence-corrected chi connectivity index (χ3v) is 8.54. The predicted octanol–water partition coefficient (Wildman–Crippen LogP) is 5.46. The number of carbonyl (C=O) groups excluding carboxylic acids is 2. The van der Waals surface area contributed by atoms with Crippen molar-refractivity contribution in [2.24, 2.45) is 5.92 Å². The van der Waals surface area contributed by atoms with Gasteiger partial charge in [0.2, 0.25) is 5.91 Å². The summed E-state index contributed by atoms with van der Waals surface area (Å²) in [6.45, 7) is 5.38. The van der Waals surface area contributed by atoms with E-state index in [9.17, 15) is 9.59 Å². The number of hydrogen-bond donors (Lipinski definition) is 4. The number of aromatic amines is 2. The van der Waals surface area contributed by atoms with Gasteiger partial charge in [-0.2, -0.15) is 0 Å². The quantitative estimate of drug-likeness (QED) is 0.187. The monoisotopic (exact) mass is 645 g/mol. The molecule has 0 saturated carbocycles. The Morgan fingerprint density at radius 3 is 2.56 bits per heavy atom. The number of imidazole rings is 2. The zero-order valence-corrected chi connectivity index (χ0v) is 27.3. The maximum atomic E-state index is 13.6. The summed E-state index contributed by atoms with van der Waals surface area (Å²) in [4.78, 5) is 43.2. The Bertz CT molecular complexity index is 1870. The summed E-state index contributed by atoms with van der Waals surface area (Å²) >= 11 is 0. The molecule has 2 aromatic heterocycles. The third kappa shape index (κ3) is 7.54. The first-order chi connectivity index (χ1) is 23.4. The van der Waals surface area contributed by atoms with Gasteiger partial charge in [0.05, 0.1) is 42.8 Å². The molecule has 2 aliphatic heterocycles. The lowest BCUT2D eigenvalue weighted by molar-refractivity contribution is -0.135. The van der Waals surface area contributed by atoms with E-state index in [0.717, 1.165) is 55.0 Å². The van der Waals surface area contributed by atoms with Crippen molar-refractivity contribution in [3.8, 4) is 46.4 Å². The molecule has 3 atom stereocenters. The average molecular weight is 646 g/mol. The molecule has 2 aromatic carbocycles. The van der Waals surface area contributed by atoms with E-state index in [1.54, 1.807) is 17.3 Å². The lowest BCUT2D eigenvalue weighted by Crippen LogP contribution is -2.51. The highest BCUT2D eigenvalue weighted by Crippen LogP contribution is 2.34. The molecule has 0 radical (unpaired) electrons. The van der Waals surface area contributed by atoms with Gasteiger partial charge in [-0.15, -0.1) is 0 Å². The second kappa shape index (κ2) is 14.9. The normalized spacial score (nSPS) is 17.6. The number of benzene rings is 2. The molecule has 2 aliphatic rings. The zero-order valence-electron chi connectivity index (χ0n) is 27.3. The Morgan fingerprint density at radius 1 is 0.979 bits per heavy atom. The maximum absolute atomic E-state index is 13.6. The van der Waals surface area contributed by atoms with E-state index in [0.29, 0.717) is 29.4 Å². The molecule has 1 unspecified atom stereocenters. The van der Waals surface area contributed by atoms with Crippen molar-refractivity contribution < 1.29 is 19.1 Å². The van der Waals surface area contributed by atoms with Gasteiger partial charge in [-0.05, 0) is 86.1 Å². The molecule has 2 amide bonds. The van der Waals surface area contributed by atoms with Crippen LogP contribution in [0, 0.1) is 29.6 Å². The Kier molecular flexibility index (Phi) is 10.1. The molecule has 48 heavy (non-hydrogen) atoms. The van der Waals surface area contributed by atoms with Crippen LogP contribution in [-0.4, -0.2) is 63.1 Å². The molecule has 4 aromatic rings. The minimum absolute atomic E-state index is 0.113. The van der Waals surface area contributed by atoms with Crippen molar-refractivity contribution in [3.05, 3.63) is 83.8 Å². The fraction of sp³-hybridized carbons (Fsp3) is 0.351. The second-order valence-electron chi connectivity index (χ2n) is 12.2. The van der Waals surface area contributed by atoms with Gasteiger partial charge in [-0.3, -0.25) is 4.79 Å². The van der Waals surface area contributed by atoms with E-state index in [-0.39, 0.29) is 23.9 Å². The van der Waals surface area contributed by atoms with Crippen molar-refractivity contribution in [1.82, 2.24) is 35.5 Å². The minimum Gasteiger partial charge on any atom is -0.456 e. The standard InChI is InChI=1S/C37H39N7O4/c1-24(2)33(43-37(46)47-3)36(45)44-20-10-16-31(44)35-40-23-30(42-35)26-18-17-25(32(21-26)48-28-13-5-4-6-14-28)11-7-8-12-27-22-39-34(41-27)29-15-9-19-38-29/h4-6,13-14,17-18,21-24,29,31,33,38H,9-10,15-16,19-20H2,1-3H3,(H,39,41)(H,40,42)(H,43,46)/t29?,31-,33-/m0/s1. The molecule has 11 heteroatoms. The van der Waals surface area contributed by atoms with Gasteiger partial charge < -0.3 is 35.0 Å². The van der Waals surface area contributed by atoms with E-state index in [1.807, 2.05) is 62.4 Å². The number of alkyl carbamates (subject to hydrolysis) is 1. The van der Waals surface area contributed by atoms with Crippen molar-refractivity contribution in [2.45, 2.75) is 57.7 Å². The number of aromatic nitrogens is 4. The summed E-state index contributed by atoms with van der Waals surface area (Å²) < 4.78 is 11.0. The number of hydrogen-bond acceptors (Lipinski definition) is 7. The van der Waals surface area contributed by atoms with E-state index >= 15 is 0 Å². The summed E-state index contributed by atoms with van der Waals surface area (Å²) in [6.07, 6.45) is 6.67. The SMILES string of the molecule is COC(=O)N[C@H](C(=O)N1CCC[C@H]1c1ncc(-c2ccc(C#CC#Cc3cnc(C4CCCN4)[nH]3)c(Oc3ccccc3)c2)[nH]1)C(C)C. The first-order valence-electron chi connectivity index (χ1n) is 16.3. The lowest BCUT2D eigenvalue weighted by Gasteiger charge is -2.30. The summed E-state index contributed by atoms with van der Waals surface area (Å²) in [5.74, 6) is 14.7. The molecule has 11 nitrogen and oxygen atoms in total. The van der Waals surface area contributed by atoms with Crippen molar-refractivity contribution in [1.29, 1.82) is 0 Å². The van der Waals surface area contributed by atoms with Gasteiger partial charge in [0.1, 0.15) is 34.9 Å². The molecule has 2 saturated heterocycles. The topological polar surface area (TPSA) is 137 Å². The molecule has 2 fully saturated rings. The maximum Gasteiger partial charge on any atom is 0.407 e. The molecular formula is C37H39N7O4. The molecule has 4 N–H and O–H groups in total. The fourth-order valence-electron chi connectivity index (χ4n) is 6.03. The largest absolute Gasteiger partial charge is 0.456 e. The fourth-order valence-corrected chi connectivity index (χ4v) is 6.03. The van der Waals surface area contributed by atoms with Gasteiger partial charge >= 0.3 is 6.09 Å². The molecule has 246 valence electrons. The van der Waals surface area contributed by atoms with Crippen LogP contribution < -0.4 is 15.4 Å². The first kappa shape index (κ1) is 32.4. The number of likely N-dealkylation sites (tertiary alicyclic amines) is 1. The predicted molar refractivity (Wildman–Crippen MR) is 181 cm³/mol. The van der Waals surface area contributed by atoms with Crippen molar-refractivity contribution in [3.63, 3.8) is 0 Å². The van der Waals surface area contributed by atoms with E-state index in [4.69, 9.17) is 9.47 Å². The van der Waals surface area contributed by atoms with Crippen LogP contribution in [0.1, 0.15) is 74.5 Å². The van der Waals surface area contributed by atoms with E-state index in [1.165, 1.54) is 7.11 Å². The summed E-state index contributed by atoms with van der Waals surface area (Å²) in [6, 6.07) is 14.6. The number of methoxy groups -OCH3 is 1. The smallest absolute Gasteiger partial charge is 0.407 e. The Balaban J connectivity index is 1.22. The van der Waals surface area contributed by atoms with Crippen molar-refractivity contribution in [2.75, 3.05) is 20.2 Å². The number of amides is 2. The summed E-state index contributed by atoms with van der Waals surface area (Å²) in [5, 5.41) is 6.12. The molecule has 0 spiro atoms. The van der Waals surface area contributed by atoms with Crippen LogP contribution in [0.5, 0.6) is 11.5 Å². The van der Waals surface area contributed by atoms with Gasteiger partial charge in [-0.25, -0.2) is 14.8 Å². The number of para-hydroxylation sites is 1. The number of ether oxygens (including phenoxy) is 2. The molecular weight excluding hydrogens is 606 g/mol. The van der Waals surface area contributed by atoms with Crippen LogP contribution in [-0.2, 0) is 9.53 Å². The van der Waals surface area contributed by atoms with E-state index in [2.05, 4.69) is 54.3 Å². The first-order valence-corrected chi connectivity index (χ1v) is 16.3. The third-order valence-electron chi connectivity index (χ3n) is 8.54. The Labute approximate surface area is 280 Å². The number of nitrogens with one attached hydrogen (secondary N) is 4. The molecule has 0 aliphatic carbocycles. The van der Waals surface area contributed by atoms with Crippen LogP contribution >= 0.6 is 0 Å². The van der Waals surface area contributed by atoms with Crippen LogP contribution in [0.25, 0.3) is 11.3 Å². The van der Waals surface area contributed by atoms with Crippen molar-refractivity contribution >= 4 is 12.0 Å². The molecule has 6 rings (SSSR count). The van der Waals surface area contributed by atoms with Crippen LogP contribution in [0.2, 0.25) is 0 Å². The van der Waals surface area contributed by atoms with Gasteiger partial charge in [0.15, 0.2) is 0 Å². The van der Waals surface area contributed by atoms with E-state index < -0.39 is 12.1 Å². The van der Waals surface area contributed by atoms with Crippen LogP contribution in [0.15, 0.2) is 60.9 Å². The van der Waals surface area contributed by atoms with Gasteiger partial charge in [0, 0.05) is 12.1 Å². The van der Waals surface area contributed by atoms with Crippen LogP contribution in [0.4, 0.5) is 4.79 Å². The average Bonchev–Trinajstić information content (AvgIpc) is 3.93. The Morgan fingerprint density at radius 2 is 1.79 bits per heavy atom. The number of H-pyrrole nitrogens is 2. The number of carbonyl (C=O) groups is 2. The second-order valence-corrected chi connectivity index (χ2v) is 12.2.